The molecule has 1 unspecified atom stereocenters. The molecule has 0 radical (unpaired) electrons. The fourth-order valence-electron chi connectivity index (χ4n) is 7.79. The van der Waals surface area contributed by atoms with E-state index in [2.05, 4.69) is 6.92 Å². The molecule has 0 amide bonds. The third-order valence-electron chi connectivity index (χ3n) is 9.27. The van der Waals surface area contributed by atoms with Crippen LogP contribution in [-0.4, -0.2) is 50.6 Å². The molecule has 4 saturated carbocycles. The molecule has 4 rings (SSSR count). The SMILES string of the molecule is C[C@]12CC[C@@H](O)C[C@@H]1CC[C@@H]1[C@@H]2C(=O)C[C@@]2(C)[C@H]1CC[C@]2(O)C(O)CO. The van der Waals surface area contributed by atoms with E-state index in [1.54, 1.807) is 0 Å². The van der Waals surface area contributed by atoms with E-state index >= 15 is 0 Å². The molecule has 0 aromatic heterocycles. The zero-order valence-corrected chi connectivity index (χ0v) is 16.0. The standard InChI is InChI=1S/C21H34O5/c1-19-7-5-13(23)9-12(19)3-4-14-15-6-8-21(26,17(25)11-22)20(15,2)10-16(24)18(14)19/h12-15,17-18,22-23,25-26H,3-11H2,1-2H3/t12-,13+,14-,15-,17?,18+,19-,20-,21-/m0/s1. The van der Waals surface area contributed by atoms with Crippen molar-refractivity contribution in [3.8, 4) is 0 Å². The molecule has 0 heterocycles. The van der Waals surface area contributed by atoms with Crippen LogP contribution in [0.5, 0.6) is 0 Å². The van der Waals surface area contributed by atoms with Gasteiger partial charge in [-0.15, -0.1) is 0 Å². The fraction of sp³-hybridized carbons (Fsp3) is 0.952. The highest BCUT2D eigenvalue weighted by Gasteiger charge is 2.68. The van der Waals surface area contributed by atoms with Crippen molar-refractivity contribution < 1.29 is 25.2 Å². The van der Waals surface area contributed by atoms with Gasteiger partial charge < -0.3 is 20.4 Å². The monoisotopic (exact) mass is 366 g/mol. The molecule has 0 bridgehead atoms. The zero-order valence-electron chi connectivity index (χ0n) is 16.0. The second kappa shape index (κ2) is 6.00. The van der Waals surface area contributed by atoms with Crippen LogP contribution in [0.1, 0.15) is 65.2 Å². The number of carbonyl (C=O) groups excluding carboxylic acids is 1. The summed E-state index contributed by atoms with van der Waals surface area (Å²) in [6.45, 7) is 3.74. The van der Waals surface area contributed by atoms with Crippen LogP contribution in [0.4, 0.5) is 0 Å². The molecule has 4 fully saturated rings. The first-order chi connectivity index (χ1) is 12.2. The van der Waals surface area contributed by atoms with E-state index in [9.17, 15) is 25.2 Å². The van der Waals surface area contributed by atoms with Crippen molar-refractivity contribution in [3.63, 3.8) is 0 Å². The van der Waals surface area contributed by atoms with Gasteiger partial charge in [-0.3, -0.25) is 4.79 Å². The maximum atomic E-state index is 13.4. The third kappa shape index (κ3) is 2.27. The summed E-state index contributed by atoms with van der Waals surface area (Å²) in [5, 5.41) is 41.2. The van der Waals surface area contributed by atoms with Crippen molar-refractivity contribution in [1.29, 1.82) is 0 Å². The Balaban J connectivity index is 1.69. The molecular formula is C21H34O5. The molecule has 0 spiro atoms. The molecular weight excluding hydrogens is 332 g/mol. The highest BCUT2D eigenvalue weighted by Crippen LogP contribution is 2.67. The summed E-state index contributed by atoms with van der Waals surface area (Å²) < 4.78 is 0. The van der Waals surface area contributed by atoms with Crippen LogP contribution in [0.2, 0.25) is 0 Å². The number of rotatable bonds is 2. The van der Waals surface area contributed by atoms with E-state index in [0.29, 0.717) is 12.3 Å². The van der Waals surface area contributed by atoms with Crippen LogP contribution in [0.25, 0.3) is 0 Å². The lowest BCUT2D eigenvalue weighted by Crippen LogP contribution is -2.63. The number of ketones is 1. The van der Waals surface area contributed by atoms with Crippen molar-refractivity contribution >= 4 is 5.78 Å². The summed E-state index contributed by atoms with van der Waals surface area (Å²) in [7, 11) is 0. The quantitative estimate of drug-likeness (QED) is 0.596. The van der Waals surface area contributed by atoms with Crippen LogP contribution in [-0.2, 0) is 4.79 Å². The van der Waals surface area contributed by atoms with Crippen molar-refractivity contribution in [3.05, 3.63) is 0 Å². The van der Waals surface area contributed by atoms with Gasteiger partial charge in [-0.2, -0.15) is 0 Å². The van der Waals surface area contributed by atoms with Gasteiger partial charge >= 0.3 is 0 Å². The third-order valence-corrected chi connectivity index (χ3v) is 9.27. The lowest BCUT2D eigenvalue weighted by molar-refractivity contribution is -0.196. The normalized spacial score (nSPS) is 55.0. The minimum atomic E-state index is -1.38. The Labute approximate surface area is 155 Å². The molecule has 0 aromatic rings. The minimum Gasteiger partial charge on any atom is -0.394 e. The summed E-state index contributed by atoms with van der Waals surface area (Å²) in [4.78, 5) is 13.4. The molecule has 26 heavy (non-hydrogen) atoms. The predicted octanol–water partition coefficient (Wildman–Crippen LogP) is 1.65. The summed E-state index contributed by atoms with van der Waals surface area (Å²) in [5.41, 5.74) is -2.09. The van der Waals surface area contributed by atoms with Crippen LogP contribution < -0.4 is 0 Å². The number of hydrogen-bond acceptors (Lipinski definition) is 5. The molecule has 5 heteroatoms. The van der Waals surface area contributed by atoms with Crippen molar-refractivity contribution in [2.45, 2.75) is 83.0 Å². The van der Waals surface area contributed by atoms with E-state index in [-0.39, 0.29) is 41.5 Å². The van der Waals surface area contributed by atoms with Gasteiger partial charge in [-0.25, -0.2) is 0 Å². The lowest BCUT2D eigenvalue weighted by Gasteiger charge is -2.60. The maximum Gasteiger partial charge on any atom is 0.137 e. The van der Waals surface area contributed by atoms with E-state index in [1.807, 2.05) is 6.92 Å². The second-order valence-electron chi connectivity index (χ2n) is 10.2. The first-order valence-corrected chi connectivity index (χ1v) is 10.4. The van der Waals surface area contributed by atoms with Crippen LogP contribution in [0, 0.1) is 34.5 Å². The van der Waals surface area contributed by atoms with Gasteiger partial charge in [0.25, 0.3) is 0 Å². The molecule has 0 aromatic carbocycles. The molecule has 4 N–H and O–H groups in total. The van der Waals surface area contributed by atoms with Crippen LogP contribution in [0.15, 0.2) is 0 Å². The van der Waals surface area contributed by atoms with Gasteiger partial charge in [0.15, 0.2) is 0 Å². The minimum absolute atomic E-state index is 0.0143. The van der Waals surface area contributed by atoms with E-state index in [0.717, 1.165) is 38.5 Å². The predicted molar refractivity (Wildman–Crippen MR) is 96.2 cm³/mol. The average molecular weight is 366 g/mol. The molecule has 4 aliphatic carbocycles. The number of fused-ring (bicyclic) bond motifs is 5. The second-order valence-corrected chi connectivity index (χ2v) is 10.2. The highest BCUT2D eigenvalue weighted by atomic mass is 16.4. The summed E-state index contributed by atoms with van der Waals surface area (Å²) in [6.07, 6.45) is 4.61. The summed E-state index contributed by atoms with van der Waals surface area (Å²) >= 11 is 0. The summed E-state index contributed by atoms with van der Waals surface area (Å²) in [5.74, 6) is 1.10. The molecule has 0 saturated heterocycles. The van der Waals surface area contributed by atoms with Gasteiger partial charge in [0.2, 0.25) is 0 Å². The van der Waals surface area contributed by atoms with Gasteiger partial charge in [0.1, 0.15) is 11.9 Å². The molecule has 4 aliphatic rings. The topological polar surface area (TPSA) is 98.0 Å². The largest absolute Gasteiger partial charge is 0.394 e. The number of carbonyl (C=O) groups is 1. The molecule has 9 atom stereocenters. The zero-order chi connectivity index (χ0) is 18.9. The molecule has 5 nitrogen and oxygen atoms in total. The summed E-state index contributed by atoms with van der Waals surface area (Å²) in [6, 6.07) is 0. The van der Waals surface area contributed by atoms with E-state index in [4.69, 9.17) is 0 Å². The van der Waals surface area contributed by atoms with E-state index < -0.39 is 23.7 Å². The van der Waals surface area contributed by atoms with Gasteiger partial charge in [-0.1, -0.05) is 13.8 Å². The Morgan fingerprint density at radius 2 is 1.88 bits per heavy atom. The van der Waals surface area contributed by atoms with Crippen molar-refractivity contribution in [2.24, 2.45) is 34.5 Å². The number of Topliss-reactive ketones (excluding diaryl/α,β-unsaturated/α-hetero) is 1. The Kier molecular flexibility index (Phi) is 4.35. The Morgan fingerprint density at radius 3 is 2.58 bits per heavy atom. The lowest BCUT2D eigenvalue weighted by atomic mass is 9.44. The van der Waals surface area contributed by atoms with Gasteiger partial charge in [0.05, 0.1) is 18.3 Å². The van der Waals surface area contributed by atoms with Gasteiger partial charge in [-0.05, 0) is 68.1 Å². The first-order valence-electron chi connectivity index (χ1n) is 10.4. The number of hydrogen-bond donors (Lipinski definition) is 4. The van der Waals surface area contributed by atoms with Crippen LogP contribution >= 0.6 is 0 Å². The molecule has 148 valence electrons. The maximum absolute atomic E-state index is 13.4. The smallest absolute Gasteiger partial charge is 0.137 e. The number of aliphatic hydroxyl groups excluding tert-OH is 3. The Hall–Kier alpha value is -0.490. The van der Waals surface area contributed by atoms with Crippen LogP contribution in [0.3, 0.4) is 0 Å². The van der Waals surface area contributed by atoms with Crippen molar-refractivity contribution in [2.75, 3.05) is 6.61 Å². The Morgan fingerprint density at radius 1 is 1.15 bits per heavy atom. The van der Waals surface area contributed by atoms with Gasteiger partial charge in [0, 0.05) is 17.8 Å². The highest BCUT2D eigenvalue weighted by molar-refractivity contribution is 5.84. The van der Waals surface area contributed by atoms with Crippen molar-refractivity contribution in [1.82, 2.24) is 0 Å². The van der Waals surface area contributed by atoms with E-state index in [1.165, 1.54) is 0 Å². The first kappa shape index (κ1) is 18.9. The number of aliphatic hydroxyl groups is 4. The molecule has 0 aliphatic heterocycles. The fourth-order valence-corrected chi connectivity index (χ4v) is 7.79. The average Bonchev–Trinajstić information content (AvgIpc) is 2.86. The Bertz CT molecular complexity index is 593.